The van der Waals surface area contributed by atoms with E-state index in [0.717, 1.165) is 15.6 Å². The molecule has 0 radical (unpaired) electrons. The number of carbonyl (C=O) groups excluding carboxylic acids is 1. The Hall–Kier alpha value is -3.52. The topological polar surface area (TPSA) is 84.9 Å². The highest BCUT2D eigenvalue weighted by Crippen LogP contribution is 2.26. The molecule has 0 heterocycles. The van der Waals surface area contributed by atoms with Crippen LogP contribution in [0.5, 0.6) is 11.5 Å². The summed E-state index contributed by atoms with van der Waals surface area (Å²) >= 11 is 0. The van der Waals surface area contributed by atoms with Gasteiger partial charge in [-0.1, -0.05) is 37.3 Å². The van der Waals surface area contributed by atoms with Crippen molar-refractivity contribution in [1.29, 1.82) is 0 Å². The fraction of sp³-hybridized carbons (Fsp3) is 0.240. The van der Waals surface area contributed by atoms with Gasteiger partial charge < -0.3 is 14.8 Å². The molecule has 3 aromatic carbocycles. The highest BCUT2D eigenvalue weighted by atomic mass is 32.2. The molecule has 1 unspecified atom stereocenters. The van der Waals surface area contributed by atoms with Crippen LogP contribution in [-0.4, -0.2) is 35.1 Å². The van der Waals surface area contributed by atoms with Crippen molar-refractivity contribution in [1.82, 2.24) is 5.32 Å². The van der Waals surface area contributed by atoms with Gasteiger partial charge in [-0.2, -0.15) is 0 Å². The molecule has 0 saturated carbocycles. The Morgan fingerprint density at radius 1 is 0.879 bits per heavy atom. The number of hydrogen-bond acceptors (Lipinski definition) is 5. The van der Waals surface area contributed by atoms with E-state index in [0.29, 0.717) is 17.9 Å². The first-order chi connectivity index (χ1) is 15.9. The van der Waals surface area contributed by atoms with Gasteiger partial charge in [-0.25, -0.2) is 8.42 Å². The maximum atomic E-state index is 13.4. The summed E-state index contributed by atoms with van der Waals surface area (Å²) < 4.78 is 38.3. The number of hydrogen-bond donors (Lipinski definition) is 1. The van der Waals surface area contributed by atoms with Crippen molar-refractivity contribution in [3.05, 3.63) is 84.4 Å². The third kappa shape index (κ3) is 5.84. The van der Waals surface area contributed by atoms with Crippen LogP contribution in [0.4, 0.5) is 5.69 Å². The van der Waals surface area contributed by atoms with Crippen LogP contribution in [0.25, 0.3) is 0 Å². The quantitative estimate of drug-likeness (QED) is 0.483. The van der Waals surface area contributed by atoms with E-state index in [-0.39, 0.29) is 17.5 Å². The summed E-state index contributed by atoms with van der Waals surface area (Å²) in [5, 5.41) is 2.96. The lowest BCUT2D eigenvalue weighted by atomic mass is 10.0. The molecule has 0 fully saturated rings. The standard InChI is InChI=1S/C25H28N2O5S/c1-4-24(19-10-14-21(31-2)15-11-19)26-25(28)18-27(20-12-16-22(32-3)17-13-20)33(29,30)23-8-6-5-7-9-23/h5-17,24H,4,18H2,1-3H3,(H,26,28). The van der Waals surface area contributed by atoms with Crippen molar-refractivity contribution in [3.63, 3.8) is 0 Å². The number of carbonyl (C=O) groups is 1. The smallest absolute Gasteiger partial charge is 0.264 e. The van der Waals surface area contributed by atoms with Crippen molar-refractivity contribution in [2.24, 2.45) is 0 Å². The van der Waals surface area contributed by atoms with E-state index >= 15 is 0 Å². The van der Waals surface area contributed by atoms with Gasteiger partial charge in [0.05, 0.1) is 30.8 Å². The Balaban J connectivity index is 1.87. The third-order valence-corrected chi connectivity index (χ3v) is 7.03. The number of methoxy groups -OCH3 is 2. The number of ether oxygens (including phenoxy) is 2. The lowest BCUT2D eigenvalue weighted by Gasteiger charge is -2.26. The molecule has 33 heavy (non-hydrogen) atoms. The highest BCUT2D eigenvalue weighted by molar-refractivity contribution is 7.92. The second-order valence-electron chi connectivity index (χ2n) is 7.32. The van der Waals surface area contributed by atoms with Crippen LogP contribution in [0.3, 0.4) is 0 Å². The van der Waals surface area contributed by atoms with Crippen LogP contribution >= 0.6 is 0 Å². The summed E-state index contributed by atoms with van der Waals surface area (Å²) in [5.74, 6) is 0.901. The fourth-order valence-corrected chi connectivity index (χ4v) is 4.85. The minimum Gasteiger partial charge on any atom is -0.497 e. The van der Waals surface area contributed by atoms with E-state index in [1.807, 2.05) is 31.2 Å². The van der Waals surface area contributed by atoms with Crippen LogP contribution in [0.15, 0.2) is 83.8 Å². The molecule has 0 spiro atoms. The van der Waals surface area contributed by atoms with Gasteiger partial charge in [-0.15, -0.1) is 0 Å². The van der Waals surface area contributed by atoms with Gasteiger partial charge >= 0.3 is 0 Å². The second kappa shape index (κ2) is 10.9. The molecule has 0 saturated heterocycles. The van der Waals surface area contributed by atoms with Crippen molar-refractivity contribution < 1.29 is 22.7 Å². The summed E-state index contributed by atoms with van der Waals surface area (Å²) in [4.78, 5) is 13.1. The molecule has 1 N–H and O–H groups in total. The van der Waals surface area contributed by atoms with Gasteiger partial charge in [-0.3, -0.25) is 9.10 Å². The van der Waals surface area contributed by atoms with E-state index in [1.165, 1.54) is 19.2 Å². The first kappa shape index (κ1) is 24.1. The van der Waals surface area contributed by atoms with E-state index in [2.05, 4.69) is 5.32 Å². The van der Waals surface area contributed by atoms with Gasteiger partial charge in [0, 0.05) is 0 Å². The summed E-state index contributed by atoms with van der Waals surface area (Å²) in [7, 11) is -0.845. The lowest BCUT2D eigenvalue weighted by Crippen LogP contribution is -2.42. The zero-order chi connectivity index (χ0) is 23.8. The molecule has 0 aliphatic carbocycles. The minimum absolute atomic E-state index is 0.107. The van der Waals surface area contributed by atoms with E-state index in [9.17, 15) is 13.2 Å². The van der Waals surface area contributed by atoms with Crippen molar-refractivity contribution in [2.45, 2.75) is 24.3 Å². The fourth-order valence-electron chi connectivity index (χ4n) is 3.41. The Labute approximate surface area is 195 Å². The number of anilines is 1. The Bertz CT molecular complexity index is 1150. The number of sulfonamides is 1. The third-order valence-electron chi connectivity index (χ3n) is 5.24. The number of benzene rings is 3. The number of nitrogens with one attached hydrogen (secondary N) is 1. The van der Waals surface area contributed by atoms with Crippen molar-refractivity contribution in [3.8, 4) is 11.5 Å². The summed E-state index contributed by atoms with van der Waals surface area (Å²) in [6.07, 6.45) is 0.645. The largest absolute Gasteiger partial charge is 0.497 e. The van der Waals surface area contributed by atoms with Crippen LogP contribution in [0.1, 0.15) is 24.9 Å². The molecule has 3 rings (SSSR count). The molecule has 0 aromatic heterocycles. The molecule has 0 bridgehead atoms. The van der Waals surface area contributed by atoms with Crippen LogP contribution < -0.4 is 19.1 Å². The Kier molecular flexibility index (Phi) is 7.95. The number of amides is 1. The molecule has 1 amide bonds. The number of rotatable bonds is 10. The SMILES string of the molecule is CCC(NC(=O)CN(c1ccc(OC)cc1)S(=O)(=O)c1ccccc1)c1ccc(OC)cc1. The average Bonchev–Trinajstić information content (AvgIpc) is 2.86. The van der Waals surface area contributed by atoms with Gasteiger partial charge in [0.25, 0.3) is 10.0 Å². The zero-order valence-electron chi connectivity index (χ0n) is 18.9. The van der Waals surface area contributed by atoms with E-state index in [4.69, 9.17) is 9.47 Å². The van der Waals surface area contributed by atoms with Crippen molar-refractivity contribution in [2.75, 3.05) is 25.1 Å². The van der Waals surface area contributed by atoms with Gasteiger partial charge in [0.15, 0.2) is 0 Å². The first-order valence-corrected chi connectivity index (χ1v) is 12.0. The first-order valence-electron chi connectivity index (χ1n) is 10.5. The predicted molar refractivity (Wildman–Crippen MR) is 128 cm³/mol. The Morgan fingerprint density at radius 2 is 1.42 bits per heavy atom. The molecular formula is C25H28N2O5S. The summed E-state index contributed by atoms with van der Waals surface area (Å²) in [6, 6.07) is 21.8. The molecular weight excluding hydrogens is 440 g/mol. The summed E-state index contributed by atoms with van der Waals surface area (Å²) in [6.45, 7) is 1.59. The molecule has 0 aliphatic heterocycles. The minimum atomic E-state index is -3.97. The number of nitrogens with zero attached hydrogens (tertiary/aromatic N) is 1. The van der Waals surface area contributed by atoms with Crippen LogP contribution in [-0.2, 0) is 14.8 Å². The molecule has 174 valence electrons. The normalized spacial score (nSPS) is 12.0. The van der Waals surface area contributed by atoms with Crippen LogP contribution in [0, 0.1) is 0 Å². The monoisotopic (exact) mass is 468 g/mol. The average molecular weight is 469 g/mol. The maximum Gasteiger partial charge on any atom is 0.264 e. The molecule has 7 nitrogen and oxygen atoms in total. The zero-order valence-corrected chi connectivity index (χ0v) is 19.7. The molecule has 3 aromatic rings. The second-order valence-corrected chi connectivity index (χ2v) is 9.19. The molecule has 1 atom stereocenters. The van der Waals surface area contributed by atoms with Crippen LogP contribution in [0.2, 0.25) is 0 Å². The van der Waals surface area contributed by atoms with Gasteiger partial charge in [-0.05, 0) is 60.5 Å². The van der Waals surface area contributed by atoms with Gasteiger partial charge in [0.1, 0.15) is 18.0 Å². The predicted octanol–water partition coefficient (Wildman–Crippen LogP) is 4.17. The highest BCUT2D eigenvalue weighted by Gasteiger charge is 2.28. The Morgan fingerprint density at radius 3 is 1.94 bits per heavy atom. The molecule has 0 aliphatic rings. The maximum absolute atomic E-state index is 13.4. The van der Waals surface area contributed by atoms with Crippen molar-refractivity contribution >= 4 is 21.6 Å². The lowest BCUT2D eigenvalue weighted by molar-refractivity contribution is -0.120. The van der Waals surface area contributed by atoms with E-state index in [1.54, 1.807) is 49.6 Å². The van der Waals surface area contributed by atoms with Gasteiger partial charge in [0.2, 0.25) is 5.91 Å². The van der Waals surface area contributed by atoms with E-state index < -0.39 is 15.9 Å². The summed E-state index contributed by atoms with van der Waals surface area (Å²) in [5.41, 5.74) is 1.28. The molecule has 8 heteroatoms.